The normalized spacial score (nSPS) is 10.1. The first-order valence-electron chi connectivity index (χ1n) is 4.09. The summed E-state index contributed by atoms with van der Waals surface area (Å²) in [6.45, 7) is 2.31. The third-order valence-electron chi connectivity index (χ3n) is 1.71. The van der Waals surface area contributed by atoms with Crippen LogP contribution in [0.3, 0.4) is 0 Å². The summed E-state index contributed by atoms with van der Waals surface area (Å²) in [7, 11) is 0. The summed E-state index contributed by atoms with van der Waals surface area (Å²) in [6.07, 6.45) is 1.95. The molecule has 0 aliphatic rings. The average molecular weight is 198 g/mol. The predicted molar refractivity (Wildman–Crippen MR) is 46.4 cm³/mol. The van der Waals surface area contributed by atoms with Crippen LogP contribution < -0.4 is 0 Å². The number of carboxylic acids is 2. The SMILES string of the molecule is CCCn1cnc(C(=O)O)c1C(=O)O. The lowest BCUT2D eigenvalue weighted by atomic mass is 10.3. The molecule has 0 spiro atoms. The number of rotatable bonds is 4. The highest BCUT2D eigenvalue weighted by Crippen LogP contribution is 2.08. The summed E-state index contributed by atoms with van der Waals surface area (Å²) in [5.41, 5.74) is -0.676. The number of hydrogen-bond donors (Lipinski definition) is 2. The zero-order valence-corrected chi connectivity index (χ0v) is 7.60. The van der Waals surface area contributed by atoms with Crippen LogP contribution in [0.4, 0.5) is 0 Å². The third kappa shape index (κ3) is 1.73. The Morgan fingerprint density at radius 3 is 2.50 bits per heavy atom. The smallest absolute Gasteiger partial charge is 0.357 e. The van der Waals surface area contributed by atoms with Gasteiger partial charge in [-0.3, -0.25) is 0 Å². The summed E-state index contributed by atoms with van der Waals surface area (Å²) in [4.78, 5) is 24.9. The van der Waals surface area contributed by atoms with Crippen molar-refractivity contribution in [2.75, 3.05) is 0 Å². The first-order chi connectivity index (χ1) is 6.57. The van der Waals surface area contributed by atoms with Crippen molar-refractivity contribution in [1.82, 2.24) is 9.55 Å². The van der Waals surface area contributed by atoms with Crippen LogP contribution in [0.2, 0.25) is 0 Å². The lowest BCUT2D eigenvalue weighted by molar-refractivity contribution is 0.0640. The van der Waals surface area contributed by atoms with Gasteiger partial charge in [-0.2, -0.15) is 0 Å². The quantitative estimate of drug-likeness (QED) is 0.742. The van der Waals surface area contributed by atoms with Gasteiger partial charge in [-0.1, -0.05) is 6.92 Å². The van der Waals surface area contributed by atoms with Gasteiger partial charge in [0.15, 0.2) is 11.4 Å². The topological polar surface area (TPSA) is 92.4 Å². The number of imidazole rings is 1. The van der Waals surface area contributed by atoms with E-state index in [0.717, 1.165) is 6.42 Å². The summed E-state index contributed by atoms with van der Waals surface area (Å²) in [5.74, 6) is -2.59. The molecule has 0 unspecified atom stereocenters. The standard InChI is InChI=1S/C8H10N2O4/c1-2-3-10-4-9-5(7(11)12)6(10)8(13)14/h4H,2-3H2,1H3,(H,11,12)(H,13,14). The van der Waals surface area contributed by atoms with Crippen LogP contribution >= 0.6 is 0 Å². The van der Waals surface area contributed by atoms with Gasteiger partial charge in [0.25, 0.3) is 0 Å². The van der Waals surface area contributed by atoms with Crippen molar-refractivity contribution >= 4 is 11.9 Å². The van der Waals surface area contributed by atoms with E-state index in [2.05, 4.69) is 4.98 Å². The van der Waals surface area contributed by atoms with Gasteiger partial charge in [0, 0.05) is 6.54 Å². The van der Waals surface area contributed by atoms with Crippen LogP contribution in [0.15, 0.2) is 6.33 Å². The van der Waals surface area contributed by atoms with Gasteiger partial charge in [0.05, 0.1) is 6.33 Å². The van der Waals surface area contributed by atoms with E-state index in [4.69, 9.17) is 10.2 Å². The zero-order valence-electron chi connectivity index (χ0n) is 7.60. The molecule has 76 valence electrons. The first kappa shape index (κ1) is 10.2. The summed E-state index contributed by atoms with van der Waals surface area (Å²) >= 11 is 0. The van der Waals surface area contributed by atoms with E-state index in [0.29, 0.717) is 6.54 Å². The van der Waals surface area contributed by atoms with E-state index in [9.17, 15) is 9.59 Å². The molecule has 0 saturated heterocycles. The summed E-state index contributed by atoms with van der Waals surface area (Å²) in [6, 6.07) is 0. The molecule has 6 nitrogen and oxygen atoms in total. The minimum Gasteiger partial charge on any atom is -0.476 e. The minimum absolute atomic E-state index is 0.264. The lowest BCUT2D eigenvalue weighted by Gasteiger charge is -2.02. The highest BCUT2D eigenvalue weighted by Gasteiger charge is 2.22. The molecule has 0 aliphatic carbocycles. The Kier molecular flexibility index (Phi) is 2.85. The molecular formula is C8H10N2O4. The third-order valence-corrected chi connectivity index (χ3v) is 1.71. The molecule has 1 aromatic heterocycles. The highest BCUT2D eigenvalue weighted by atomic mass is 16.4. The maximum Gasteiger partial charge on any atom is 0.357 e. The molecule has 14 heavy (non-hydrogen) atoms. The van der Waals surface area contributed by atoms with Crippen molar-refractivity contribution < 1.29 is 19.8 Å². The van der Waals surface area contributed by atoms with Gasteiger partial charge in [0.1, 0.15) is 0 Å². The van der Waals surface area contributed by atoms with Crippen molar-refractivity contribution in [2.24, 2.45) is 0 Å². The van der Waals surface area contributed by atoms with Crippen LogP contribution in [-0.4, -0.2) is 31.7 Å². The largest absolute Gasteiger partial charge is 0.476 e. The minimum atomic E-state index is -1.32. The zero-order chi connectivity index (χ0) is 10.7. The predicted octanol–water partition coefficient (Wildman–Crippen LogP) is 0.689. The Bertz CT molecular complexity index is 369. The molecule has 0 fully saturated rings. The summed E-state index contributed by atoms with van der Waals surface area (Å²) in [5, 5.41) is 17.4. The molecule has 0 amide bonds. The second kappa shape index (κ2) is 3.91. The van der Waals surface area contributed by atoms with Crippen LogP contribution in [0.25, 0.3) is 0 Å². The average Bonchev–Trinajstić information content (AvgIpc) is 2.48. The molecular weight excluding hydrogens is 188 g/mol. The molecule has 0 radical (unpaired) electrons. The lowest BCUT2D eigenvalue weighted by Crippen LogP contribution is -2.12. The second-order valence-electron chi connectivity index (χ2n) is 2.75. The summed E-state index contributed by atoms with van der Waals surface area (Å²) < 4.78 is 1.33. The van der Waals surface area contributed by atoms with Gasteiger partial charge in [0.2, 0.25) is 0 Å². The molecule has 6 heteroatoms. The number of aromatic carboxylic acids is 2. The monoisotopic (exact) mass is 198 g/mol. The Morgan fingerprint density at radius 2 is 2.07 bits per heavy atom. The number of aromatic nitrogens is 2. The van der Waals surface area contributed by atoms with E-state index in [-0.39, 0.29) is 5.69 Å². The Hall–Kier alpha value is -1.85. The fraction of sp³-hybridized carbons (Fsp3) is 0.375. The van der Waals surface area contributed by atoms with Gasteiger partial charge < -0.3 is 14.8 Å². The van der Waals surface area contributed by atoms with E-state index in [1.807, 2.05) is 6.92 Å². The van der Waals surface area contributed by atoms with E-state index < -0.39 is 17.6 Å². The van der Waals surface area contributed by atoms with Crippen LogP contribution in [0.5, 0.6) is 0 Å². The molecule has 1 aromatic rings. The number of carbonyl (C=O) groups is 2. The van der Waals surface area contributed by atoms with Crippen LogP contribution in [-0.2, 0) is 6.54 Å². The maximum atomic E-state index is 10.8. The van der Waals surface area contributed by atoms with Crippen LogP contribution in [0.1, 0.15) is 34.3 Å². The number of nitrogens with zero attached hydrogens (tertiary/aromatic N) is 2. The second-order valence-corrected chi connectivity index (χ2v) is 2.75. The molecule has 2 N–H and O–H groups in total. The Labute approximate surface area is 79.8 Å². The van der Waals surface area contributed by atoms with Crippen LogP contribution in [0, 0.1) is 0 Å². The molecule has 0 bridgehead atoms. The van der Waals surface area contributed by atoms with Crippen molar-refractivity contribution in [2.45, 2.75) is 19.9 Å². The molecule has 0 aliphatic heterocycles. The fourth-order valence-corrected chi connectivity index (χ4v) is 1.17. The van der Waals surface area contributed by atoms with Crippen molar-refractivity contribution in [3.05, 3.63) is 17.7 Å². The van der Waals surface area contributed by atoms with Crippen molar-refractivity contribution in [3.8, 4) is 0 Å². The highest BCUT2D eigenvalue weighted by molar-refractivity contribution is 5.99. The van der Waals surface area contributed by atoms with E-state index >= 15 is 0 Å². The molecule has 0 aromatic carbocycles. The van der Waals surface area contributed by atoms with Gasteiger partial charge >= 0.3 is 11.9 Å². The van der Waals surface area contributed by atoms with Gasteiger partial charge in [-0.05, 0) is 6.42 Å². The molecule has 1 heterocycles. The Balaban J connectivity index is 3.20. The maximum absolute atomic E-state index is 10.8. The number of carboxylic acid groups (broad SMARTS) is 2. The van der Waals surface area contributed by atoms with E-state index in [1.165, 1.54) is 10.9 Å². The first-order valence-corrected chi connectivity index (χ1v) is 4.09. The molecule has 1 rings (SSSR count). The fourth-order valence-electron chi connectivity index (χ4n) is 1.17. The number of aryl methyl sites for hydroxylation is 1. The van der Waals surface area contributed by atoms with Gasteiger partial charge in [-0.15, -0.1) is 0 Å². The molecule has 0 atom stereocenters. The van der Waals surface area contributed by atoms with Crippen molar-refractivity contribution in [3.63, 3.8) is 0 Å². The van der Waals surface area contributed by atoms with Gasteiger partial charge in [-0.25, -0.2) is 14.6 Å². The van der Waals surface area contributed by atoms with Crippen molar-refractivity contribution in [1.29, 1.82) is 0 Å². The number of hydrogen-bond acceptors (Lipinski definition) is 3. The Morgan fingerprint density at radius 1 is 1.43 bits per heavy atom. The molecule has 0 saturated carbocycles. The van der Waals surface area contributed by atoms with E-state index in [1.54, 1.807) is 0 Å².